The Bertz CT molecular complexity index is 599. The van der Waals surface area contributed by atoms with Gasteiger partial charge in [0.25, 0.3) is 0 Å². The van der Waals surface area contributed by atoms with E-state index in [0.717, 1.165) is 6.42 Å². The Morgan fingerprint density at radius 1 is 1.05 bits per heavy atom. The van der Waals surface area contributed by atoms with Gasteiger partial charge in [-0.2, -0.15) is 0 Å². The molecule has 0 spiro atoms. The maximum atomic E-state index is 13.8. The Hall–Kier alpha value is -1.87. The molecule has 0 bridgehead atoms. The van der Waals surface area contributed by atoms with Crippen molar-refractivity contribution in [3.05, 3.63) is 65.5 Å². The lowest BCUT2D eigenvalue weighted by molar-refractivity contribution is 0.421. The summed E-state index contributed by atoms with van der Waals surface area (Å²) in [5, 5.41) is 12.9. The van der Waals surface area contributed by atoms with Crippen LogP contribution in [0.2, 0.25) is 0 Å². The zero-order chi connectivity index (χ0) is 14.7. The third-order valence-electron chi connectivity index (χ3n) is 4.36. The van der Waals surface area contributed by atoms with Crippen LogP contribution in [0.4, 0.5) is 4.39 Å². The molecule has 1 fully saturated rings. The van der Waals surface area contributed by atoms with Crippen molar-refractivity contribution < 1.29 is 9.50 Å². The summed E-state index contributed by atoms with van der Waals surface area (Å²) in [6, 6.07) is 15.6. The van der Waals surface area contributed by atoms with Crippen molar-refractivity contribution >= 4 is 0 Å². The van der Waals surface area contributed by atoms with Gasteiger partial charge in [-0.05, 0) is 30.4 Å². The fourth-order valence-electron chi connectivity index (χ4n) is 3.25. The molecule has 2 unspecified atom stereocenters. The lowest BCUT2D eigenvalue weighted by atomic mass is 9.94. The maximum absolute atomic E-state index is 13.8. The van der Waals surface area contributed by atoms with Crippen LogP contribution >= 0.6 is 0 Å². The molecule has 1 saturated carbocycles. The fraction of sp³-hybridized carbons (Fsp3) is 0.333. The second-order valence-corrected chi connectivity index (χ2v) is 5.69. The van der Waals surface area contributed by atoms with Crippen LogP contribution in [0.5, 0.6) is 5.75 Å². The average Bonchev–Trinajstić information content (AvgIpc) is 2.98. The van der Waals surface area contributed by atoms with Crippen molar-refractivity contribution in [3.8, 4) is 5.75 Å². The number of halogens is 1. The molecular weight excluding hydrogens is 265 g/mol. The number of hydrogen-bond acceptors (Lipinski definition) is 2. The molecule has 110 valence electrons. The van der Waals surface area contributed by atoms with Gasteiger partial charge in [0.2, 0.25) is 0 Å². The number of hydrogen-bond donors (Lipinski definition) is 2. The van der Waals surface area contributed by atoms with Crippen molar-refractivity contribution in [3.63, 3.8) is 0 Å². The van der Waals surface area contributed by atoms with E-state index in [9.17, 15) is 9.50 Å². The smallest absolute Gasteiger partial charge is 0.169 e. The van der Waals surface area contributed by atoms with Crippen LogP contribution in [0.15, 0.2) is 48.5 Å². The summed E-state index contributed by atoms with van der Waals surface area (Å²) >= 11 is 0. The lowest BCUT2D eigenvalue weighted by Gasteiger charge is -2.21. The number of nitrogens with one attached hydrogen (secondary N) is 1. The minimum absolute atomic E-state index is 0.277. The molecule has 0 aliphatic heterocycles. The first-order valence-corrected chi connectivity index (χ1v) is 7.50. The van der Waals surface area contributed by atoms with Gasteiger partial charge in [0, 0.05) is 18.2 Å². The van der Waals surface area contributed by atoms with E-state index in [1.54, 1.807) is 12.1 Å². The first kappa shape index (κ1) is 14.1. The second-order valence-electron chi connectivity index (χ2n) is 5.69. The summed E-state index contributed by atoms with van der Waals surface area (Å²) in [5.74, 6) is -0.300. The van der Waals surface area contributed by atoms with Gasteiger partial charge in [0.1, 0.15) is 0 Å². The summed E-state index contributed by atoms with van der Waals surface area (Å²) in [5.41, 5.74) is 1.87. The van der Waals surface area contributed by atoms with Gasteiger partial charge in [0.05, 0.1) is 0 Å². The van der Waals surface area contributed by atoms with E-state index in [4.69, 9.17) is 0 Å². The molecule has 2 N–H and O–H groups in total. The van der Waals surface area contributed by atoms with E-state index in [1.807, 2.05) is 6.07 Å². The van der Waals surface area contributed by atoms with Gasteiger partial charge in [0.15, 0.2) is 11.6 Å². The Balaban J connectivity index is 1.68. The zero-order valence-corrected chi connectivity index (χ0v) is 11.9. The lowest BCUT2D eigenvalue weighted by Crippen LogP contribution is -2.31. The Morgan fingerprint density at radius 2 is 1.86 bits per heavy atom. The summed E-state index contributed by atoms with van der Waals surface area (Å²) in [6.07, 6.45) is 3.48. The number of aromatic hydroxyl groups is 1. The highest BCUT2D eigenvalue weighted by atomic mass is 19.1. The molecule has 0 radical (unpaired) electrons. The van der Waals surface area contributed by atoms with E-state index in [-0.39, 0.29) is 5.75 Å². The van der Waals surface area contributed by atoms with Crippen molar-refractivity contribution in [1.29, 1.82) is 0 Å². The topological polar surface area (TPSA) is 32.3 Å². The molecular formula is C18H20FNO. The van der Waals surface area contributed by atoms with Gasteiger partial charge in [-0.1, -0.05) is 48.9 Å². The Kier molecular flexibility index (Phi) is 4.20. The molecule has 2 aromatic rings. The van der Waals surface area contributed by atoms with E-state index >= 15 is 0 Å². The highest BCUT2D eigenvalue weighted by Crippen LogP contribution is 2.34. The summed E-state index contributed by atoms with van der Waals surface area (Å²) in [4.78, 5) is 0. The third-order valence-corrected chi connectivity index (χ3v) is 4.36. The van der Waals surface area contributed by atoms with Crippen molar-refractivity contribution in [2.45, 2.75) is 37.8 Å². The summed E-state index contributed by atoms with van der Waals surface area (Å²) in [6.45, 7) is 0.453. The van der Waals surface area contributed by atoms with E-state index in [0.29, 0.717) is 24.1 Å². The highest BCUT2D eigenvalue weighted by molar-refractivity contribution is 5.30. The minimum atomic E-state index is -0.515. The van der Waals surface area contributed by atoms with Crippen molar-refractivity contribution in [2.75, 3.05) is 0 Å². The van der Waals surface area contributed by atoms with E-state index < -0.39 is 5.82 Å². The largest absolute Gasteiger partial charge is 0.505 e. The Morgan fingerprint density at radius 3 is 2.67 bits per heavy atom. The van der Waals surface area contributed by atoms with Crippen molar-refractivity contribution in [1.82, 2.24) is 5.32 Å². The van der Waals surface area contributed by atoms with Gasteiger partial charge in [-0.25, -0.2) is 4.39 Å². The van der Waals surface area contributed by atoms with Crippen LogP contribution in [-0.2, 0) is 6.54 Å². The zero-order valence-electron chi connectivity index (χ0n) is 11.9. The molecule has 3 rings (SSSR count). The number of phenols is 1. The molecule has 1 aliphatic rings. The number of phenolic OH excluding ortho intramolecular Hbond substituents is 1. The van der Waals surface area contributed by atoms with Crippen LogP contribution in [0.25, 0.3) is 0 Å². The predicted molar refractivity (Wildman–Crippen MR) is 81.7 cm³/mol. The van der Waals surface area contributed by atoms with Crippen LogP contribution in [0, 0.1) is 5.82 Å². The average molecular weight is 285 g/mol. The monoisotopic (exact) mass is 285 g/mol. The van der Waals surface area contributed by atoms with Gasteiger partial charge in [-0.3, -0.25) is 0 Å². The van der Waals surface area contributed by atoms with Crippen LogP contribution in [-0.4, -0.2) is 11.1 Å². The molecule has 2 aromatic carbocycles. The Labute approximate surface area is 124 Å². The molecule has 0 amide bonds. The summed E-state index contributed by atoms with van der Waals surface area (Å²) in [7, 11) is 0. The quantitative estimate of drug-likeness (QED) is 0.891. The molecule has 0 heterocycles. The van der Waals surface area contributed by atoms with Crippen LogP contribution in [0.1, 0.15) is 36.3 Å². The van der Waals surface area contributed by atoms with Crippen LogP contribution in [0.3, 0.4) is 0 Å². The normalized spacial score (nSPS) is 21.6. The van der Waals surface area contributed by atoms with E-state index in [1.165, 1.54) is 24.5 Å². The third kappa shape index (κ3) is 3.08. The maximum Gasteiger partial charge on any atom is 0.169 e. The molecule has 3 heteroatoms. The van der Waals surface area contributed by atoms with Gasteiger partial charge in [-0.15, -0.1) is 0 Å². The molecule has 21 heavy (non-hydrogen) atoms. The van der Waals surface area contributed by atoms with Crippen LogP contribution < -0.4 is 5.32 Å². The van der Waals surface area contributed by atoms with Gasteiger partial charge >= 0.3 is 0 Å². The SMILES string of the molecule is Oc1cccc(CNC2CCCC2c2ccccc2)c1F. The summed E-state index contributed by atoms with van der Waals surface area (Å²) < 4.78 is 13.8. The number of rotatable bonds is 4. The molecule has 0 aromatic heterocycles. The second kappa shape index (κ2) is 6.27. The molecule has 2 atom stereocenters. The molecule has 1 aliphatic carbocycles. The predicted octanol–water partition coefficient (Wildman–Crippen LogP) is 3.96. The first-order valence-electron chi connectivity index (χ1n) is 7.50. The fourth-order valence-corrected chi connectivity index (χ4v) is 3.25. The van der Waals surface area contributed by atoms with E-state index in [2.05, 4.69) is 29.6 Å². The minimum Gasteiger partial charge on any atom is -0.505 e. The highest BCUT2D eigenvalue weighted by Gasteiger charge is 2.28. The first-order chi connectivity index (χ1) is 10.3. The molecule has 2 nitrogen and oxygen atoms in total. The number of benzene rings is 2. The van der Waals surface area contributed by atoms with Gasteiger partial charge < -0.3 is 10.4 Å². The standard InChI is InChI=1S/C18H20FNO/c19-18-14(8-4-11-17(18)21)12-20-16-10-5-9-15(16)13-6-2-1-3-7-13/h1-4,6-8,11,15-16,20-21H,5,9-10,12H2. The molecule has 0 saturated heterocycles. The van der Waals surface area contributed by atoms with Crippen molar-refractivity contribution in [2.24, 2.45) is 0 Å².